The van der Waals surface area contributed by atoms with Crippen LogP contribution in [0.2, 0.25) is 5.02 Å². The van der Waals surface area contributed by atoms with Crippen molar-refractivity contribution in [2.45, 2.75) is 13.7 Å². The van der Waals surface area contributed by atoms with Crippen LogP contribution in [0.4, 0.5) is 11.4 Å². The normalized spacial score (nSPS) is 10.9. The molecular weight excluding hydrogens is 302 g/mol. The van der Waals surface area contributed by atoms with Crippen LogP contribution in [0.5, 0.6) is 0 Å². The van der Waals surface area contributed by atoms with E-state index in [0.29, 0.717) is 10.6 Å². The molecule has 5 nitrogen and oxygen atoms in total. The van der Waals surface area contributed by atoms with E-state index in [2.05, 4.69) is 10.4 Å². The van der Waals surface area contributed by atoms with E-state index in [1.54, 1.807) is 18.3 Å². The summed E-state index contributed by atoms with van der Waals surface area (Å²) >= 11 is 6.01. The van der Waals surface area contributed by atoms with E-state index in [1.807, 2.05) is 24.3 Å². The lowest BCUT2D eigenvalue weighted by molar-refractivity contribution is 0.101. The summed E-state index contributed by atoms with van der Waals surface area (Å²) in [6.07, 6.45) is 1.70. The summed E-state index contributed by atoms with van der Waals surface area (Å²) in [6, 6.07) is 10.9. The Labute approximate surface area is 132 Å². The summed E-state index contributed by atoms with van der Waals surface area (Å²) in [4.78, 5) is 11.5. The molecule has 0 atom stereocenters. The van der Waals surface area contributed by atoms with Gasteiger partial charge in [0.2, 0.25) is 0 Å². The molecule has 112 valence electrons. The number of Topliss-reactive ketones (excluding diaryl/α,β-unsaturated/α-hetero) is 1. The quantitative estimate of drug-likeness (QED) is 0.722. The molecule has 0 spiro atoms. The van der Waals surface area contributed by atoms with Gasteiger partial charge in [0, 0.05) is 22.3 Å². The number of benzene rings is 2. The molecule has 0 aliphatic carbocycles. The number of aromatic nitrogens is 2. The fourth-order valence-electron chi connectivity index (χ4n) is 2.30. The van der Waals surface area contributed by atoms with E-state index in [1.165, 1.54) is 11.6 Å². The Hall–Kier alpha value is -2.37. The van der Waals surface area contributed by atoms with Crippen molar-refractivity contribution in [3.63, 3.8) is 0 Å². The number of hydrogen-bond donors (Lipinski definition) is 2. The number of anilines is 2. The van der Waals surface area contributed by atoms with Crippen LogP contribution in [-0.2, 0) is 6.73 Å². The molecule has 0 saturated carbocycles. The summed E-state index contributed by atoms with van der Waals surface area (Å²) in [5, 5.41) is 18.0. The SMILES string of the molecule is CC(=O)c1cc(Nc2ccc3cnn(CO)c3c2)ccc1Cl. The minimum Gasteiger partial charge on any atom is -0.374 e. The standard InChI is InChI=1S/C16H14ClN3O2/c1-10(22)14-6-12(4-5-15(14)17)19-13-3-2-11-8-18-20(9-21)16(11)7-13/h2-8,19,21H,9H2,1H3. The number of halogens is 1. The molecule has 3 rings (SSSR count). The van der Waals surface area contributed by atoms with Crippen molar-refractivity contribution in [2.75, 3.05) is 5.32 Å². The van der Waals surface area contributed by atoms with E-state index in [-0.39, 0.29) is 12.5 Å². The number of hydrogen-bond acceptors (Lipinski definition) is 4. The number of carbonyl (C=O) groups excluding carboxylic acids is 1. The molecule has 22 heavy (non-hydrogen) atoms. The van der Waals surface area contributed by atoms with Crippen molar-refractivity contribution in [2.24, 2.45) is 0 Å². The summed E-state index contributed by atoms with van der Waals surface area (Å²) in [6.45, 7) is 1.30. The van der Waals surface area contributed by atoms with Crippen LogP contribution in [0.1, 0.15) is 17.3 Å². The summed E-state index contributed by atoms with van der Waals surface area (Å²) < 4.78 is 1.50. The minimum absolute atomic E-state index is 0.0811. The van der Waals surface area contributed by atoms with Crippen LogP contribution in [0.15, 0.2) is 42.6 Å². The van der Waals surface area contributed by atoms with Crippen molar-refractivity contribution in [3.05, 3.63) is 53.2 Å². The zero-order valence-electron chi connectivity index (χ0n) is 11.9. The Morgan fingerprint density at radius 3 is 2.73 bits per heavy atom. The van der Waals surface area contributed by atoms with Gasteiger partial charge in [-0.05, 0) is 43.3 Å². The van der Waals surface area contributed by atoms with Gasteiger partial charge < -0.3 is 10.4 Å². The molecule has 0 bridgehead atoms. The van der Waals surface area contributed by atoms with Gasteiger partial charge in [0.15, 0.2) is 5.78 Å². The molecule has 0 aliphatic heterocycles. The Morgan fingerprint density at radius 1 is 1.27 bits per heavy atom. The van der Waals surface area contributed by atoms with Gasteiger partial charge in [-0.25, -0.2) is 4.68 Å². The zero-order valence-corrected chi connectivity index (χ0v) is 12.6. The molecule has 6 heteroatoms. The highest BCUT2D eigenvalue weighted by Crippen LogP contribution is 2.25. The Balaban J connectivity index is 1.96. The van der Waals surface area contributed by atoms with Gasteiger partial charge in [-0.15, -0.1) is 0 Å². The van der Waals surface area contributed by atoms with Gasteiger partial charge in [-0.1, -0.05) is 11.6 Å². The third-order valence-electron chi connectivity index (χ3n) is 3.41. The smallest absolute Gasteiger partial charge is 0.161 e. The molecule has 2 aromatic carbocycles. The molecule has 3 aromatic rings. The second kappa shape index (κ2) is 5.79. The first kappa shape index (κ1) is 14.6. The molecule has 2 N–H and O–H groups in total. The Bertz CT molecular complexity index is 858. The second-order valence-electron chi connectivity index (χ2n) is 4.93. The maximum atomic E-state index is 11.5. The molecule has 0 fully saturated rings. The van der Waals surface area contributed by atoms with Gasteiger partial charge >= 0.3 is 0 Å². The summed E-state index contributed by atoms with van der Waals surface area (Å²) in [5.41, 5.74) is 2.91. The number of aliphatic hydroxyl groups excluding tert-OH is 1. The van der Waals surface area contributed by atoms with Crippen LogP contribution in [0, 0.1) is 0 Å². The average molecular weight is 316 g/mol. The highest BCUT2D eigenvalue weighted by atomic mass is 35.5. The zero-order chi connectivity index (χ0) is 15.7. The van der Waals surface area contributed by atoms with E-state index < -0.39 is 0 Å². The molecule has 0 radical (unpaired) electrons. The predicted octanol–water partition coefficient (Wildman–Crippen LogP) is 3.59. The van der Waals surface area contributed by atoms with Gasteiger partial charge in [-0.2, -0.15) is 5.10 Å². The number of ketones is 1. The van der Waals surface area contributed by atoms with Gasteiger partial charge in [-0.3, -0.25) is 4.79 Å². The monoisotopic (exact) mass is 315 g/mol. The van der Waals surface area contributed by atoms with Crippen LogP contribution in [0.3, 0.4) is 0 Å². The lowest BCUT2D eigenvalue weighted by atomic mass is 10.1. The lowest BCUT2D eigenvalue weighted by Crippen LogP contribution is -1.99. The van der Waals surface area contributed by atoms with Crippen molar-refractivity contribution in [1.82, 2.24) is 9.78 Å². The number of fused-ring (bicyclic) bond motifs is 1. The molecule has 1 aromatic heterocycles. The third kappa shape index (κ3) is 2.68. The Kier molecular flexibility index (Phi) is 3.83. The molecule has 0 unspecified atom stereocenters. The molecule has 0 saturated heterocycles. The first-order chi connectivity index (χ1) is 10.6. The number of carbonyl (C=O) groups is 1. The number of nitrogens with zero attached hydrogens (tertiary/aromatic N) is 2. The topological polar surface area (TPSA) is 67.2 Å². The van der Waals surface area contributed by atoms with E-state index in [0.717, 1.165) is 22.3 Å². The highest BCUT2D eigenvalue weighted by Gasteiger charge is 2.08. The van der Waals surface area contributed by atoms with Crippen molar-refractivity contribution >= 4 is 39.7 Å². The van der Waals surface area contributed by atoms with Crippen molar-refractivity contribution in [1.29, 1.82) is 0 Å². The number of aliphatic hydroxyl groups is 1. The van der Waals surface area contributed by atoms with E-state index >= 15 is 0 Å². The van der Waals surface area contributed by atoms with Crippen LogP contribution >= 0.6 is 11.6 Å². The van der Waals surface area contributed by atoms with Gasteiger partial charge in [0.05, 0.1) is 16.7 Å². The second-order valence-corrected chi connectivity index (χ2v) is 5.34. The van der Waals surface area contributed by atoms with E-state index in [9.17, 15) is 9.90 Å². The average Bonchev–Trinajstić information content (AvgIpc) is 2.91. The highest BCUT2D eigenvalue weighted by molar-refractivity contribution is 6.34. The van der Waals surface area contributed by atoms with Gasteiger partial charge in [0.1, 0.15) is 6.73 Å². The molecule has 0 aliphatic rings. The van der Waals surface area contributed by atoms with Crippen LogP contribution in [0.25, 0.3) is 10.9 Å². The predicted molar refractivity (Wildman–Crippen MR) is 86.7 cm³/mol. The fourth-order valence-corrected chi connectivity index (χ4v) is 2.55. The van der Waals surface area contributed by atoms with Crippen molar-refractivity contribution < 1.29 is 9.90 Å². The maximum absolute atomic E-state index is 11.5. The number of rotatable bonds is 4. The maximum Gasteiger partial charge on any atom is 0.161 e. The van der Waals surface area contributed by atoms with E-state index in [4.69, 9.17) is 11.6 Å². The fraction of sp³-hybridized carbons (Fsp3) is 0.125. The largest absolute Gasteiger partial charge is 0.374 e. The molecular formula is C16H14ClN3O2. The molecule has 1 heterocycles. The van der Waals surface area contributed by atoms with Crippen LogP contribution in [-0.4, -0.2) is 20.7 Å². The summed E-state index contributed by atoms with van der Waals surface area (Å²) in [7, 11) is 0. The van der Waals surface area contributed by atoms with Crippen molar-refractivity contribution in [3.8, 4) is 0 Å². The minimum atomic E-state index is -0.178. The molecule has 0 amide bonds. The Morgan fingerprint density at radius 2 is 2.00 bits per heavy atom. The first-order valence-electron chi connectivity index (χ1n) is 6.72. The van der Waals surface area contributed by atoms with Gasteiger partial charge in [0.25, 0.3) is 0 Å². The third-order valence-corrected chi connectivity index (χ3v) is 3.74. The summed E-state index contributed by atoms with van der Waals surface area (Å²) in [5.74, 6) is -0.0811. The lowest BCUT2D eigenvalue weighted by Gasteiger charge is -2.09. The first-order valence-corrected chi connectivity index (χ1v) is 7.10. The van der Waals surface area contributed by atoms with Crippen LogP contribution < -0.4 is 5.32 Å². The number of nitrogens with one attached hydrogen (secondary N) is 1.